The zero-order chi connectivity index (χ0) is 20.8. The van der Waals surface area contributed by atoms with E-state index >= 15 is 0 Å². The van der Waals surface area contributed by atoms with Crippen LogP contribution in [0.5, 0.6) is 11.5 Å². The van der Waals surface area contributed by atoms with Crippen LogP contribution in [0.25, 0.3) is 0 Å². The number of hydrogen-bond donors (Lipinski definition) is 2. The number of anilines is 1. The molecular formula is C19H17Cl2N5O3. The van der Waals surface area contributed by atoms with Gasteiger partial charge in [0.25, 0.3) is 0 Å². The summed E-state index contributed by atoms with van der Waals surface area (Å²) in [5.74, 6) is 1.30. The maximum Gasteiger partial charge on any atom is 0.363 e. The lowest BCUT2D eigenvalue weighted by Gasteiger charge is -2.13. The lowest BCUT2D eigenvalue weighted by molar-refractivity contribution is 0.284. The number of nitrogens with zero attached hydrogens (tertiary/aromatic N) is 3. The molecule has 0 unspecified atom stereocenters. The summed E-state index contributed by atoms with van der Waals surface area (Å²) in [5, 5.41) is 11.1. The second kappa shape index (κ2) is 9.40. The van der Waals surface area contributed by atoms with Crippen LogP contribution in [0.3, 0.4) is 0 Å². The molecule has 2 aromatic carbocycles. The molecule has 0 aliphatic rings. The minimum absolute atomic E-state index is 0.254. The van der Waals surface area contributed by atoms with Crippen LogP contribution in [0.1, 0.15) is 16.8 Å². The van der Waals surface area contributed by atoms with Crippen LogP contribution in [-0.4, -0.2) is 28.5 Å². The summed E-state index contributed by atoms with van der Waals surface area (Å²) in [6.45, 7) is 1.95. The van der Waals surface area contributed by atoms with Gasteiger partial charge in [-0.05, 0) is 36.8 Å². The summed E-state index contributed by atoms with van der Waals surface area (Å²) in [6.07, 6.45) is 1.54. The van der Waals surface area contributed by atoms with Crippen molar-refractivity contribution in [2.24, 2.45) is 5.10 Å². The van der Waals surface area contributed by atoms with Crippen LogP contribution < -0.4 is 20.6 Å². The Kier molecular flexibility index (Phi) is 6.69. The van der Waals surface area contributed by atoms with Gasteiger partial charge in [0, 0.05) is 5.56 Å². The zero-order valence-electron chi connectivity index (χ0n) is 15.6. The average molecular weight is 434 g/mol. The third kappa shape index (κ3) is 5.24. The highest BCUT2D eigenvalue weighted by molar-refractivity contribution is 6.42. The molecule has 2 N–H and O–H groups in total. The molecule has 10 heteroatoms. The zero-order valence-corrected chi connectivity index (χ0v) is 17.1. The van der Waals surface area contributed by atoms with E-state index < -0.39 is 5.69 Å². The van der Waals surface area contributed by atoms with Gasteiger partial charge in [0.2, 0.25) is 0 Å². The van der Waals surface area contributed by atoms with E-state index in [4.69, 9.17) is 32.7 Å². The van der Waals surface area contributed by atoms with Crippen molar-refractivity contribution in [3.05, 3.63) is 73.7 Å². The molecule has 3 aromatic rings. The summed E-state index contributed by atoms with van der Waals surface area (Å²) in [4.78, 5) is 15.1. The first-order valence-electron chi connectivity index (χ1n) is 8.44. The molecule has 0 atom stereocenters. The minimum Gasteiger partial charge on any atom is -0.493 e. The fraction of sp³-hybridized carbons (Fsp3) is 0.158. The molecule has 0 amide bonds. The lowest BCUT2D eigenvalue weighted by atomic mass is 10.2. The van der Waals surface area contributed by atoms with Crippen LogP contribution in [0.4, 0.5) is 5.82 Å². The van der Waals surface area contributed by atoms with Gasteiger partial charge >= 0.3 is 5.69 Å². The van der Waals surface area contributed by atoms with Crippen molar-refractivity contribution in [1.82, 2.24) is 15.2 Å². The number of halogens is 2. The topological polar surface area (TPSA) is 101 Å². The lowest BCUT2D eigenvalue weighted by Crippen LogP contribution is -2.15. The van der Waals surface area contributed by atoms with Crippen molar-refractivity contribution in [3.63, 3.8) is 0 Å². The van der Waals surface area contributed by atoms with Gasteiger partial charge in [-0.1, -0.05) is 35.3 Å². The third-order valence-electron chi connectivity index (χ3n) is 3.85. The van der Waals surface area contributed by atoms with Gasteiger partial charge in [-0.15, -0.1) is 0 Å². The molecule has 0 aliphatic carbocycles. The number of aromatic nitrogens is 3. The summed E-state index contributed by atoms with van der Waals surface area (Å²) < 4.78 is 11.4. The predicted octanol–water partition coefficient (Wildman–Crippen LogP) is 3.81. The average Bonchev–Trinajstić information content (AvgIpc) is 2.71. The van der Waals surface area contributed by atoms with Gasteiger partial charge < -0.3 is 9.47 Å². The Balaban J connectivity index is 1.80. The number of para-hydroxylation sites is 1. The Morgan fingerprint density at radius 3 is 2.83 bits per heavy atom. The molecule has 0 aliphatic heterocycles. The standard InChI is InChI=1S/C19H17Cl2N5O3/c1-11-18(23-19(27)26-24-11)25-22-9-13-4-3-5-16(28-2)17(13)29-10-12-6-7-14(20)15(21)8-12/h3-9H,10H2,1-2H3,(H2,23,25,26,27). The van der Waals surface area contributed by atoms with Crippen molar-refractivity contribution in [3.8, 4) is 11.5 Å². The summed E-state index contributed by atoms with van der Waals surface area (Å²) >= 11 is 12.0. The van der Waals surface area contributed by atoms with Crippen molar-refractivity contribution in [1.29, 1.82) is 0 Å². The second-order valence-electron chi connectivity index (χ2n) is 5.86. The fourth-order valence-electron chi connectivity index (χ4n) is 2.40. The Labute approximate surface area is 176 Å². The first-order chi connectivity index (χ1) is 14.0. The first kappa shape index (κ1) is 20.6. The Bertz CT molecular complexity index is 1100. The van der Waals surface area contributed by atoms with Crippen molar-refractivity contribution in [2.45, 2.75) is 13.5 Å². The fourth-order valence-corrected chi connectivity index (χ4v) is 2.72. The van der Waals surface area contributed by atoms with Crippen molar-refractivity contribution < 1.29 is 9.47 Å². The molecule has 3 rings (SSSR count). The summed E-state index contributed by atoms with van der Waals surface area (Å²) in [6, 6.07) is 10.7. The number of methoxy groups -OCH3 is 1. The number of nitrogens with one attached hydrogen (secondary N) is 2. The van der Waals surface area contributed by atoms with E-state index in [0.29, 0.717) is 32.8 Å². The molecule has 1 heterocycles. The Hall–Kier alpha value is -3.10. The second-order valence-corrected chi connectivity index (χ2v) is 6.67. The highest BCUT2D eigenvalue weighted by Gasteiger charge is 2.10. The van der Waals surface area contributed by atoms with E-state index in [-0.39, 0.29) is 12.4 Å². The molecule has 1 aromatic heterocycles. The number of hydrazone groups is 1. The Morgan fingerprint density at radius 2 is 2.07 bits per heavy atom. The van der Waals surface area contributed by atoms with E-state index in [9.17, 15) is 4.79 Å². The number of H-pyrrole nitrogens is 1. The monoisotopic (exact) mass is 433 g/mol. The van der Waals surface area contributed by atoms with E-state index in [1.807, 2.05) is 18.2 Å². The molecular weight excluding hydrogens is 417 g/mol. The molecule has 150 valence electrons. The van der Waals surface area contributed by atoms with Crippen LogP contribution in [-0.2, 0) is 6.61 Å². The van der Waals surface area contributed by atoms with E-state index in [0.717, 1.165) is 5.56 Å². The quantitative estimate of drug-likeness (QED) is 0.433. The number of aromatic amines is 1. The van der Waals surface area contributed by atoms with Gasteiger partial charge in [0.15, 0.2) is 17.3 Å². The number of ether oxygens (including phenoxy) is 2. The van der Waals surface area contributed by atoms with E-state index in [2.05, 4.69) is 25.7 Å². The van der Waals surface area contributed by atoms with E-state index in [1.54, 1.807) is 32.2 Å². The molecule has 29 heavy (non-hydrogen) atoms. The summed E-state index contributed by atoms with van der Waals surface area (Å²) in [7, 11) is 1.55. The molecule has 8 nitrogen and oxygen atoms in total. The largest absolute Gasteiger partial charge is 0.493 e. The highest BCUT2D eigenvalue weighted by atomic mass is 35.5. The summed E-state index contributed by atoms with van der Waals surface area (Å²) in [5.41, 5.74) is 4.14. The van der Waals surface area contributed by atoms with Crippen molar-refractivity contribution >= 4 is 35.2 Å². The number of rotatable bonds is 7. The van der Waals surface area contributed by atoms with Gasteiger partial charge in [-0.2, -0.15) is 15.2 Å². The minimum atomic E-state index is -0.569. The molecule has 0 radical (unpaired) electrons. The molecule has 0 fully saturated rings. The Morgan fingerprint density at radius 1 is 1.24 bits per heavy atom. The third-order valence-corrected chi connectivity index (χ3v) is 4.58. The van der Waals surface area contributed by atoms with Crippen LogP contribution in [0.2, 0.25) is 10.0 Å². The van der Waals surface area contributed by atoms with Crippen LogP contribution >= 0.6 is 23.2 Å². The predicted molar refractivity (Wildman–Crippen MR) is 112 cm³/mol. The van der Waals surface area contributed by atoms with Gasteiger partial charge in [-0.25, -0.2) is 9.89 Å². The van der Waals surface area contributed by atoms with Gasteiger partial charge in [0.05, 0.1) is 23.4 Å². The van der Waals surface area contributed by atoms with Gasteiger partial charge in [-0.3, -0.25) is 5.43 Å². The first-order valence-corrected chi connectivity index (χ1v) is 9.19. The highest BCUT2D eigenvalue weighted by Crippen LogP contribution is 2.31. The smallest absolute Gasteiger partial charge is 0.363 e. The van der Waals surface area contributed by atoms with Gasteiger partial charge in [0.1, 0.15) is 12.3 Å². The maximum atomic E-state index is 11.3. The molecule has 0 spiro atoms. The van der Waals surface area contributed by atoms with Crippen LogP contribution in [0.15, 0.2) is 46.3 Å². The SMILES string of the molecule is COc1cccc(C=NNc2nc(=O)[nH]nc2C)c1OCc1ccc(Cl)c(Cl)c1. The molecule has 0 saturated heterocycles. The van der Waals surface area contributed by atoms with Crippen molar-refractivity contribution in [2.75, 3.05) is 12.5 Å². The maximum absolute atomic E-state index is 11.3. The number of hydrogen-bond acceptors (Lipinski definition) is 7. The normalized spacial score (nSPS) is 10.9. The molecule has 0 bridgehead atoms. The number of benzene rings is 2. The van der Waals surface area contributed by atoms with Crippen LogP contribution in [0, 0.1) is 6.92 Å². The number of aryl methyl sites for hydroxylation is 1. The molecule has 0 saturated carbocycles. The van der Waals surface area contributed by atoms with E-state index in [1.165, 1.54) is 6.21 Å².